The highest BCUT2D eigenvalue weighted by Crippen LogP contribution is 2.27. The van der Waals surface area contributed by atoms with Crippen LogP contribution in [0.4, 0.5) is 0 Å². The molecule has 186 valence electrons. The first-order valence-electron chi connectivity index (χ1n) is 11.4. The minimum atomic E-state index is -0.393. The first kappa shape index (κ1) is 27.0. The lowest BCUT2D eigenvalue weighted by Crippen LogP contribution is -2.34. The average Bonchev–Trinajstić information content (AvgIpc) is 3.24. The van der Waals surface area contributed by atoms with Gasteiger partial charge in [-0.05, 0) is 43.0 Å². The lowest BCUT2D eigenvalue weighted by molar-refractivity contribution is -0.118. The van der Waals surface area contributed by atoms with Crippen molar-refractivity contribution in [1.82, 2.24) is 25.4 Å². The van der Waals surface area contributed by atoms with Crippen LogP contribution in [0.15, 0.2) is 53.7 Å². The van der Waals surface area contributed by atoms with Crippen molar-refractivity contribution >= 4 is 46.8 Å². The number of carbonyl (C=O) groups excluding carboxylic acids is 2. The van der Waals surface area contributed by atoms with Gasteiger partial charge in [0.25, 0.3) is 5.91 Å². The Morgan fingerprint density at radius 2 is 1.83 bits per heavy atom. The minimum absolute atomic E-state index is 0.0404. The van der Waals surface area contributed by atoms with Crippen LogP contribution in [0.1, 0.15) is 48.6 Å². The van der Waals surface area contributed by atoms with Crippen molar-refractivity contribution < 1.29 is 9.59 Å². The number of halogens is 2. The third kappa shape index (κ3) is 7.46. The Labute approximate surface area is 220 Å². The van der Waals surface area contributed by atoms with E-state index < -0.39 is 6.04 Å². The van der Waals surface area contributed by atoms with Gasteiger partial charge in [0.2, 0.25) is 5.91 Å². The monoisotopic (exact) mass is 533 g/mol. The largest absolute Gasteiger partial charge is 0.355 e. The van der Waals surface area contributed by atoms with Gasteiger partial charge in [-0.2, -0.15) is 0 Å². The smallest absolute Gasteiger partial charge is 0.253 e. The lowest BCUT2D eigenvalue weighted by Gasteiger charge is -2.22. The zero-order chi connectivity index (χ0) is 25.4. The van der Waals surface area contributed by atoms with Crippen molar-refractivity contribution in [2.24, 2.45) is 5.92 Å². The zero-order valence-electron chi connectivity index (χ0n) is 19.9. The second-order valence-corrected chi connectivity index (χ2v) is 10.1. The molecule has 0 saturated heterocycles. The molecule has 0 unspecified atom stereocenters. The summed E-state index contributed by atoms with van der Waals surface area (Å²) >= 11 is 13.5. The molecule has 2 amide bonds. The molecule has 10 heteroatoms. The third-order valence-electron chi connectivity index (χ3n) is 5.38. The Morgan fingerprint density at radius 3 is 2.49 bits per heavy atom. The molecule has 0 radical (unpaired) electrons. The van der Waals surface area contributed by atoms with Gasteiger partial charge in [0.05, 0.1) is 22.4 Å². The summed E-state index contributed by atoms with van der Waals surface area (Å²) in [7, 11) is 0. The molecule has 0 saturated carbocycles. The molecule has 0 aliphatic rings. The molecule has 1 aromatic heterocycles. The molecule has 0 bridgehead atoms. The number of nitrogens with zero attached hydrogens (tertiary/aromatic N) is 3. The third-order valence-corrected chi connectivity index (χ3v) is 6.89. The molecule has 0 aliphatic carbocycles. The number of aromatic nitrogens is 3. The number of thioether (sulfide) groups is 1. The van der Waals surface area contributed by atoms with E-state index in [9.17, 15) is 9.59 Å². The van der Waals surface area contributed by atoms with Gasteiger partial charge < -0.3 is 15.2 Å². The molecule has 3 aromatic rings. The van der Waals surface area contributed by atoms with Gasteiger partial charge in [-0.25, -0.2) is 0 Å². The van der Waals surface area contributed by atoms with Gasteiger partial charge >= 0.3 is 0 Å². The number of nitrogens with one attached hydrogen (secondary N) is 2. The molecule has 7 nitrogen and oxygen atoms in total. The van der Waals surface area contributed by atoms with Crippen LogP contribution < -0.4 is 10.6 Å². The molecule has 0 fully saturated rings. The summed E-state index contributed by atoms with van der Waals surface area (Å²) < 4.78 is 1.93. The van der Waals surface area contributed by atoms with Crippen LogP contribution >= 0.6 is 35.0 Å². The summed E-state index contributed by atoms with van der Waals surface area (Å²) in [5.74, 6) is 0.519. The van der Waals surface area contributed by atoms with Crippen LogP contribution in [0.2, 0.25) is 10.0 Å². The van der Waals surface area contributed by atoms with Crippen LogP contribution in [0, 0.1) is 5.92 Å². The second kappa shape index (κ2) is 13.0. The van der Waals surface area contributed by atoms with Crippen molar-refractivity contribution in [3.8, 4) is 0 Å². The van der Waals surface area contributed by atoms with Crippen molar-refractivity contribution in [1.29, 1.82) is 0 Å². The topological polar surface area (TPSA) is 88.9 Å². The summed E-state index contributed by atoms with van der Waals surface area (Å²) in [5.41, 5.74) is 1.52. The van der Waals surface area contributed by atoms with E-state index in [1.54, 1.807) is 12.1 Å². The van der Waals surface area contributed by atoms with Gasteiger partial charge in [0, 0.05) is 18.1 Å². The highest BCUT2D eigenvalue weighted by molar-refractivity contribution is 7.99. The highest BCUT2D eigenvalue weighted by atomic mass is 35.5. The predicted octanol–water partition coefficient (Wildman–Crippen LogP) is 5.18. The van der Waals surface area contributed by atoms with E-state index in [1.807, 2.05) is 55.7 Å². The Balaban J connectivity index is 1.63. The van der Waals surface area contributed by atoms with Gasteiger partial charge in [0.15, 0.2) is 11.0 Å². The van der Waals surface area contributed by atoms with E-state index in [0.717, 1.165) is 6.42 Å². The first-order chi connectivity index (χ1) is 16.8. The van der Waals surface area contributed by atoms with Crippen LogP contribution in [0.25, 0.3) is 0 Å². The highest BCUT2D eigenvalue weighted by Gasteiger charge is 2.27. The van der Waals surface area contributed by atoms with Gasteiger partial charge in [0.1, 0.15) is 0 Å². The van der Waals surface area contributed by atoms with E-state index in [4.69, 9.17) is 23.2 Å². The quantitative estimate of drug-likeness (QED) is 0.331. The molecule has 0 spiro atoms. The second-order valence-electron chi connectivity index (χ2n) is 8.28. The van der Waals surface area contributed by atoms with Crippen molar-refractivity contribution in [3.63, 3.8) is 0 Å². The molecular weight excluding hydrogens is 505 g/mol. The number of benzene rings is 2. The summed E-state index contributed by atoms with van der Waals surface area (Å²) in [6.07, 6.45) is 0.778. The minimum Gasteiger partial charge on any atom is -0.355 e. The van der Waals surface area contributed by atoms with E-state index in [2.05, 4.69) is 20.8 Å². The number of rotatable bonds is 11. The van der Waals surface area contributed by atoms with E-state index in [-0.39, 0.29) is 28.5 Å². The fourth-order valence-electron chi connectivity index (χ4n) is 3.53. The fraction of sp³-hybridized carbons (Fsp3) is 0.360. The number of hydrogen-bond acceptors (Lipinski definition) is 5. The SMILES string of the molecule is CCn1c(SCC(=O)NCCc2ccccc2)nnc1[C@H](NC(=O)c1ccc(Cl)cc1Cl)C(C)C. The standard InChI is InChI=1S/C25H29Cl2N5O2S/c1-4-32-23(22(16(2)3)29-24(34)19-11-10-18(26)14-20(19)27)30-31-25(32)35-15-21(33)28-13-12-17-8-6-5-7-9-17/h5-11,14,16,22H,4,12-13,15H2,1-3H3,(H,28,33)(H,29,34)/t22-/m1/s1. The average molecular weight is 535 g/mol. The van der Waals surface area contributed by atoms with Crippen LogP contribution in [-0.2, 0) is 17.8 Å². The Morgan fingerprint density at radius 1 is 1.09 bits per heavy atom. The lowest BCUT2D eigenvalue weighted by atomic mass is 10.0. The maximum absolute atomic E-state index is 12.9. The summed E-state index contributed by atoms with van der Waals surface area (Å²) in [6, 6.07) is 14.4. The zero-order valence-corrected chi connectivity index (χ0v) is 22.3. The molecule has 35 heavy (non-hydrogen) atoms. The molecule has 2 aromatic carbocycles. The molecular formula is C25H29Cl2N5O2S. The van der Waals surface area contributed by atoms with Crippen molar-refractivity contribution in [3.05, 3.63) is 75.5 Å². The summed E-state index contributed by atoms with van der Waals surface area (Å²) in [6.45, 7) is 7.14. The van der Waals surface area contributed by atoms with Gasteiger partial charge in [-0.3, -0.25) is 9.59 Å². The molecule has 0 aliphatic heterocycles. The summed E-state index contributed by atoms with van der Waals surface area (Å²) in [5, 5.41) is 16.0. The van der Waals surface area contributed by atoms with E-state index in [1.165, 1.54) is 23.4 Å². The Hall–Kier alpha value is -2.55. The molecule has 3 rings (SSSR count). The Bertz CT molecular complexity index is 1150. The van der Waals surface area contributed by atoms with Crippen LogP contribution in [0.5, 0.6) is 0 Å². The van der Waals surface area contributed by atoms with Gasteiger partial charge in [-0.15, -0.1) is 10.2 Å². The first-order valence-corrected chi connectivity index (χ1v) is 13.2. The Kier molecular flexibility index (Phi) is 10.0. The van der Waals surface area contributed by atoms with Crippen molar-refractivity contribution in [2.75, 3.05) is 12.3 Å². The summed E-state index contributed by atoms with van der Waals surface area (Å²) in [4.78, 5) is 25.3. The number of carbonyl (C=O) groups is 2. The van der Waals surface area contributed by atoms with Gasteiger partial charge in [-0.1, -0.05) is 79.1 Å². The maximum Gasteiger partial charge on any atom is 0.253 e. The molecule has 1 atom stereocenters. The molecule has 1 heterocycles. The number of amides is 2. The van der Waals surface area contributed by atoms with Crippen molar-refractivity contribution in [2.45, 2.75) is 44.9 Å². The predicted molar refractivity (Wildman–Crippen MR) is 141 cm³/mol. The normalized spacial score (nSPS) is 11.9. The van der Waals surface area contributed by atoms with E-state index >= 15 is 0 Å². The van der Waals surface area contributed by atoms with Crippen LogP contribution in [-0.4, -0.2) is 38.9 Å². The fourth-order valence-corrected chi connectivity index (χ4v) is 4.86. The number of hydrogen-bond donors (Lipinski definition) is 2. The molecule has 2 N–H and O–H groups in total. The van der Waals surface area contributed by atoms with E-state index in [0.29, 0.717) is 34.7 Å². The van der Waals surface area contributed by atoms with Crippen LogP contribution in [0.3, 0.4) is 0 Å². The maximum atomic E-state index is 12.9.